The van der Waals surface area contributed by atoms with Crippen LogP contribution < -0.4 is 0 Å². The second kappa shape index (κ2) is 7.21. The number of para-hydroxylation sites is 1. The number of rotatable bonds is 3. The lowest BCUT2D eigenvalue weighted by Crippen LogP contribution is -2.12. The van der Waals surface area contributed by atoms with E-state index in [0.29, 0.717) is 16.7 Å². The molecule has 0 aliphatic rings. The molecule has 0 spiro atoms. The molecule has 3 aromatic carbocycles. The summed E-state index contributed by atoms with van der Waals surface area (Å²) in [6, 6.07) is 16.5. The normalized spacial score (nSPS) is 12.4. The molecule has 8 heteroatoms. The van der Waals surface area contributed by atoms with Gasteiger partial charge in [0.05, 0.1) is 9.79 Å². The number of sulfone groups is 1. The van der Waals surface area contributed by atoms with Crippen LogP contribution >= 0.6 is 15.9 Å². The molecule has 1 heterocycles. The summed E-state index contributed by atoms with van der Waals surface area (Å²) in [7, 11) is -3.68. The van der Waals surface area contributed by atoms with Crippen molar-refractivity contribution in [1.29, 1.82) is 0 Å². The van der Waals surface area contributed by atoms with Gasteiger partial charge in [0.1, 0.15) is 22.5 Å². The predicted molar refractivity (Wildman–Crippen MR) is 119 cm³/mol. The van der Waals surface area contributed by atoms with Crippen molar-refractivity contribution in [2.45, 2.75) is 36.0 Å². The number of hydrogen-bond acceptors (Lipinski definition) is 5. The van der Waals surface area contributed by atoms with Crippen LogP contribution in [0.5, 0.6) is 5.75 Å². The number of fused-ring (bicyclic) bond motifs is 1. The van der Waals surface area contributed by atoms with Crippen LogP contribution in [0.15, 0.2) is 74.9 Å². The van der Waals surface area contributed by atoms with Crippen LogP contribution in [0.25, 0.3) is 16.7 Å². The number of halogens is 1. The number of nitrogens with zero attached hydrogens (tertiary/aromatic N) is 3. The van der Waals surface area contributed by atoms with Crippen LogP contribution in [0.4, 0.5) is 0 Å². The summed E-state index contributed by atoms with van der Waals surface area (Å²) >= 11 is 3.31. The molecule has 0 saturated carbocycles. The van der Waals surface area contributed by atoms with Crippen molar-refractivity contribution in [2.75, 3.05) is 0 Å². The summed E-state index contributed by atoms with van der Waals surface area (Å²) < 4.78 is 26.7. The average Bonchev–Trinajstić information content (AvgIpc) is 3.10. The zero-order valence-corrected chi connectivity index (χ0v) is 19.1. The molecule has 0 aliphatic carbocycles. The highest BCUT2D eigenvalue weighted by molar-refractivity contribution is 9.10. The number of benzene rings is 3. The minimum absolute atomic E-state index is 0.105. The molecule has 1 N–H and O–H groups in total. The molecule has 30 heavy (non-hydrogen) atoms. The molecule has 0 atom stereocenters. The smallest absolute Gasteiger partial charge is 0.206 e. The van der Waals surface area contributed by atoms with E-state index in [2.05, 4.69) is 26.1 Å². The van der Waals surface area contributed by atoms with E-state index in [1.54, 1.807) is 36.4 Å². The molecule has 4 aromatic rings. The van der Waals surface area contributed by atoms with Gasteiger partial charge in [-0.3, -0.25) is 0 Å². The summed E-state index contributed by atoms with van der Waals surface area (Å²) in [4.78, 5) is 1.68. The topological polar surface area (TPSA) is 85.1 Å². The average molecular weight is 486 g/mol. The van der Waals surface area contributed by atoms with Crippen LogP contribution in [0.2, 0.25) is 0 Å². The summed E-state index contributed by atoms with van der Waals surface area (Å²) in [6.07, 6.45) is 0. The van der Waals surface area contributed by atoms with Gasteiger partial charge >= 0.3 is 0 Å². The fourth-order valence-electron chi connectivity index (χ4n) is 3.22. The van der Waals surface area contributed by atoms with E-state index in [9.17, 15) is 13.5 Å². The highest BCUT2D eigenvalue weighted by atomic mass is 79.9. The van der Waals surface area contributed by atoms with Crippen molar-refractivity contribution in [3.8, 4) is 11.4 Å². The van der Waals surface area contributed by atoms with Crippen LogP contribution in [0.3, 0.4) is 0 Å². The van der Waals surface area contributed by atoms with Crippen molar-refractivity contribution >= 4 is 36.8 Å². The van der Waals surface area contributed by atoms with Gasteiger partial charge in [0.25, 0.3) is 0 Å². The molecule has 0 unspecified atom stereocenters. The Bertz CT molecular complexity index is 1350. The number of phenols is 1. The van der Waals surface area contributed by atoms with E-state index in [1.807, 2.05) is 32.9 Å². The van der Waals surface area contributed by atoms with Crippen LogP contribution in [0, 0.1) is 0 Å². The summed E-state index contributed by atoms with van der Waals surface area (Å²) in [6.45, 7) is 6.04. The van der Waals surface area contributed by atoms with Crippen molar-refractivity contribution in [1.82, 2.24) is 15.0 Å². The van der Waals surface area contributed by atoms with E-state index >= 15 is 0 Å². The Labute approximate surface area is 183 Å². The van der Waals surface area contributed by atoms with E-state index in [-0.39, 0.29) is 21.0 Å². The molecule has 154 valence electrons. The third-order valence-electron chi connectivity index (χ3n) is 4.82. The molecule has 0 amide bonds. The van der Waals surface area contributed by atoms with Crippen molar-refractivity contribution in [3.05, 3.63) is 70.7 Å². The molecule has 4 rings (SSSR count). The van der Waals surface area contributed by atoms with Gasteiger partial charge in [-0.25, -0.2) is 8.42 Å². The zero-order valence-electron chi connectivity index (χ0n) is 16.7. The molecule has 0 saturated heterocycles. The number of phenolic OH excluding ortho intramolecular Hbond substituents is 1. The van der Waals surface area contributed by atoms with Crippen LogP contribution in [0.1, 0.15) is 26.3 Å². The largest absolute Gasteiger partial charge is 0.505 e. The first-order valence-electron chi connectivity index (χ1n) is 9.28. The number of hydrogen-bond donors (Lipinski definition) is 1. The maximum atomic E-state index is 13.0. The van der Waals surface area contributed by atoms with Gasteiger partial charge in [0.15, 0.2) is 0 Å². The molecule has 0 fully saturated rings. The summed E-state index contributed by atoms with van der Waals surface area (Å²) in [5, 5.41) is 19.6. The Morgan fingerprint density at radius 2 is 1.53 bits per heavy atom. The Hall–Kier alpha value is -2.71. The maximum absolute atomic E-state index is 13.0. The molecular weight excluding hydrogens is 466 g/mol. The van der Waals surface area contributed by atoms with Crippen LogP contribution in [-0.2, 0) is 15.3 Å². The lowest BCUT2D eigenvalue weighted by molar-refractivity contribution is 0.440. The van der Waals surface area contributed by atoms with Crippen LogP contribution in [-0.4, -0.2) is 28.5 Å². The van der Waals surface area contributed by atoms with E-state index < -0.39 is 9.84 Å². The summed E-state index contributed by atoms with van der Waals surface area (Å²) in [5.74, 6) is 0.105. The standard InChI is InChI=1S/C22H20BrN3O3S/c1-22(2,3)17-5-4-6-20(21(17)27)26-24-18-12-11-16(13-19(18)25-26)30(28,29)15-9-7-14(23)8-10-15/h4-13,27H,1-3H3. The quantitative estimate of drug-likeness (QED) is 0.440. The van der Waals surface area contributed by atoms with Gasteiger partial charge in [-0.05, 0) is 53.9 Å². The van der Waals surface area contributed by atoms with Crippen molar-refractivity contribution in [3.63, 3.8) is 0 Å². The van der Waals surface area contributed by atoms with Gasteiger partial charge in [0.2, 0.25) is 9.84 Å². The third-order valence-corrected chi connectivity index (χ3v) is 7.12. The first kappa shape index (κ1) is 20.6. The monoisotopic (exact) mass is 485 g/mol. The van der Waals surface area contributed by atoms with E-state index in [0.717, 1.165) is 10.0 Å². The number of aromatic nitrogens is 3. The highest BCUT2D eigenvalue weighted by Crippen LogP contribution is 2.35. The molecule has 0 aliphatic heterocycles. The Kier molecular flexibility index (Phi) is 4.94. The van der Waals surface area contributed by atoms with Gasteiger partial charge < -0.3 is 5.11 Å². The number of aromatic hydroxyl groups is 1. The lowest BCUT2D eigenvalue weighted by Gasteiger charge is -2.21. The molecule has 6 nitrogen and oxygen atoms in total. The Morgan fingerprint density at radius 1 is 0.900 bits per heavy atom. The van der Waals surface area contributed by atoms with Crippen molar-refractivity contribution < 1.29 is 13.5 Å². The zero-order chi connectivity index (χ0) is 21.7. The molecule has 0 bridgehead atoms. The Morgan fingerprint density at radius 3 is 2.20 bits per heavy atom. The van der Waals surface area contributed by atoms with E-state index in [1.165, 1.54) is 16.9 Å². The van der Waals surface area contributed by atoms with Crippen molar-refractivity contribution in [2.24, 2.45) is 0 Å². The SMILES string of the molecule is CC(C)(C)c1cccc(-n2nc3ccc(S(=O)(=O)c4ccc(Br)cc4)cc3n2)c1O. The fraction of sp³-hybridized carbons (Fsp3) is 0.182. The highest BCUT2D eigenvalue weighted by Gasteiger charge is 2.22. The first-order valence-corrected chi connectivity index (χ1v) is 11.6. The fourth-order valence-corrected chi connectivity index (χ4v) is 4.76. The molecule has 0 radical (unpaired) electrons. The lowest BCUT2D eigenvalue weighted by atomic mass is 9.86. The van der Waals surface area contributed by atoms with Gasteiger partial charge in [0, 0.05) is 10.0 Å². The van der Waals surface area contributed by atoms with Gasteiger partial charge in [-0.15, -0.1) is 15.0 Å². The maximum Gasteiger partial charge on any atom is 0.206 e. The van der Waals surface area contributed by atoms with Gasteiger partial charge in [-0.2, -0.15) is 0 Å². The molecule has 1 aromatic heterocycles. The third kappa shape index (κ3) is 3.61. The minimum atomic E-state index is -3.68. The first-order chi connectivity index (χ1) is 14.1. The van der Waals surface area contributed by atoms with E-state index in [4.69, 9.17) is 0 Å². The predicted octanol–water partition coefficient (Wildman–Crippen LogP) is 5.02. The molecular formula is C22H20BrN3O3S. The Balaban J connectivity index is 1.80. The minimum Gasteiger partial charge on any atom is -0.505 e. The summed E-state index contributed by atoms with van der Waals surface area (Å²) in [5.41, 5.74) is 1.92. The van der Waals surface area contributed by atoms with Gasteiger partial charge in [-0.1, -0.05) is 48.8 Å². The second-order valence-corrected chi connectivity index (χ2v) is 10.9. The second-order valence-electron chi connectivity index (χ2n) is 8.02.